The third-order valence-corrected chi connectivity index (χ3v) is 3.33. The van der Waals surface area contributed by atoms with Crippen LogP contribution in [0.25, 0.3) is 0 Å². The first-order valence-corrected chi connectivity index (χ1v) is 7.03. The first-order valence-electron chi connectivity index (χ1n) is 7.03. The lowest BCUT2D eigenvalue weighted by Crippen LogP contribution is -2.12. The summed E-state index contributed by atoms with van der Waals surface area (Å²) in [5, 5.41) is 9.06. The van der Waals surface area contributed by atoms with Gasteiger partial charge in [-0.25, -0.2) is 4.79 Å². The Morgan fingerprint density at radius 1 is 1.20 bits per heavy atom. The summed E-state index contributed by atoms with van der Waals surface area (Å²) in [7, 11) is 3.92. The Morgan fingerprint density at radius 2 is 1.90 bits per heavy atom. The van der Waals surface area contributed by atoms with E-state index in [1.807, 2.05) is 25.1 Å². The second-order valence-electron chi connectivity index (χ2n) is 5.16. The Labute approximate surface area is 120 Å². The number of aryl methyl sites for hydroxylation is 1. The van der Waals surface area contributed by atoms with Crippen LogP contribution in [0, 0.1) is 0 Å². The van der Waals surface area contributed by atoms with E-state index in [9.17, 15) is 9.59 Å². The fraction of sp³-hybridized carbons (Fsp3) is 0.500. The molecule has 0 amide bonds. The Bertz CT molecular complexity index is 455. The molecule has 0 aliphatic carbocycles. The number of carbonyl (C=O) groups excluding carboxylic acids is 1. The topological polar surface area (TPSA) is 57.6 Å². The van der Waals surface area contributed by atoms with Crippen LogP contribution in [-0.4, -0.2) is 31.5 Å². The molecule has 0 aliphatic rings. The predicted octanol–water partition coefficient (Wildman–Crippen LogP) is 3.14. The number of unbranched alkanes of at least 4 members (excludes halogenated alkanes) is 4. The molecule has 1 rings (SSSR count). The van der Waals surface area contributed by atoms with Crippen LogP contribution in [-0.2, 0) is 11.2 Å². The fourth-order valence-corrected chi connectivity index (χ4v) is 2.25. The van der Waals surface area contributed by atoms with Crippen molar-refractivity contribution in [3.05, 3.63) is 29.3 Å². The second-order valence-corrected chi connectivity index (χ2v) is 5.16. The molecule has 0 aromatic heterocycles. The SMILES string of the molecule is CN(C)c1ccc(C(=O)O)cc1CCCCCCC=O. The van der Waals surface area contributed by atoms with E-state index in [-0.39, 0.29) is 0 Å². The third kappa shape index (κ3) is 5.03. The lowest BCUT2D eigenvalue weighted by molar-refractivity contribution is -0.107. The van der Waals surface area contributed by atoms with Crippen LogP contribution in [0.3, 0.4) is 0 Å². The van der Waals surface area contributed by atoms with Crippen molar-refractivity contribution in [2.75, 3.05) is 19.0 Å². The van der Waals surface area contributed by atoms with Gasteiger partial charge in [-0.05, 0) is 43.0 Å². The van der Waals surface area contributed by atoms with E-state index in [1.165, 1.54) is 0 Å². The summed E-state index contributed by atoms with van der Waals surface area (Å²) in [4.78, 5) is 23.3. The van der Waals surface area contributed by atoms with Gasteiger partial charge in [0.25, 0.3) is 0 Å². The quantitative estimate of drug-likeness (QED) is 0.556. The minimum atomic E-state index is -0.887. The Hall–Kier alpha value is -1.84. The van der Waals surface area contributed by atoms with Crippen molar-refractivity contribution in [2.24, 2.45) is 0 Å². The standard InChI is InChI=1S/C16H23NO3/c1-17(2)15-10-9-14(16(19)20)12-13(15)8-6-4-3-5-7-11-18/h9-12H,3-8H2,1-2H3,(H,19,20). The molecule has 0 saturated heterocycles. The zero-order chi connectivity index (χ0) is 15.0. The van der Waals surface area contributed by atoms with Crippen molar-refractivity contribution in [1.82, 2.24) is 0 Å². The average Bonchev–Trinajstić information content (AvgIpc) is 2.42. The second kappa shape index (κ2) is 8.35. The molecule has 0 saturated carbocycles. The van der Waals surface area contributed by atoms with Gasteiger partial charge in [-0.15, -0.1) is 0 Å². The van der Waals surface area contributed by atoms with Gasteiger partial charge < -0.3 is 14.8 Å². The Morgan fingerprint density at radius 3 is 2.50 bits per heavy atom. The Kier molecular flexibility index (Phi) is 6.77. The van der Waals surface area contributed by atoms with Crippen molar-refractivity contribution < 1.29 is 14.7 Å². The van der Waals surface area contributed by atoms with E-state index in [0.29, 0.717) is 12.0 Å². The van der Waals surface area contributed by atoms with E-state index in [0.717, 1.165) is 49.6 Å². The Balaban J connectivity index is 2.63. The van der Waals surface area contributed by atoms with E-state index in [4.69, 9.17) is 5.11 Å². The zero-order valence-electron chi connectivity index (χ0n) is 12.3. The third-order valence-electron chi connectivity index (χ3n) is 3.33. The van der Waals surface area contributed by atoms with E-state index < -0.39 is 5.97 Å². The number of benzene rings is 1. The fourth-order valence-electron chi connectivity index (χ4n) is 2.25. The van der Waals surface area contributed by atoms with E-state index in [2.05, 4.69) is 0 Å². The highest BCUT2D eigenvalue weighted by atomic mass is 16.4. The van der Waals surface area contributed by atoms with E-state index in [1.54, 1.807) is 12.1 Å². The van der Waals surface area contributed by atoms with E-state index >= 15 is 0 Å². The number of carbonyl (C=O) groups is 2. The van der Waals surface area contributed by atoms with Crippen LogP contribution in [0.1, 0.15) is 48.0 Å². The zero-order valence-corrected chi connectivity index (χ0v) is 12.3. The molecule has 4 heteroatoms. The van der Waals surface area contributed by atoms with Crippen LogP contribution < -0.4 is 4.90 Å². The van der Waals surface area contributed by atoms with Crippen LogP contribution in [0.4, 0.5) is 5.69 Å². The largest absolute Gasteiger partial charge is 0.478 e. The summed E-state index contributed by atoms with van der Waals surface area (Å²) in [5.41, 5.74) is 2.49. The number of aromatic carboxylic acids is 1. The molecule has 0 radical (unpaired) electrons. The number of rotatable bonds is 9. The summed E-state index contributed by atoms with van der Waals surface area (Å²) < 4.78 is 0. The number of carboxylic acid groups (broad SMARTS) is 1. The highest BCUT2D eigenvalue weighted by Crippen LogP contribution is 2.22. The molecule has 0 spiro atoms. The van der Waals surface area contributed by atoms with Gasteiger partial charge in [-0.3, -0.25) is 0 Å². The molecule has 0 heterocycles. The van der Waals surface area contributed by atoms with Gasteiger partial charge in [-0.2, -0.15) is 0 Å². The first kappa shape index (κ1) is 16.2. The van der Waals surface area contributed by atoms with Crippen molar-refractivity contribution >= 4 is 17.9 Å². The minimum absolute atomic E-state index is 0.339. The summed E-state index contributed by atoms with van der Waals surface area (Å²) in [6.07, 6.45) is 6.54. The van der Waals surface area contributed by atoms with Gasteiger partial charge in [0.2, 0.25) is 0 Å². The maximum Gasteiger partial charge on any atom is 0.335 e. The normalized spacial score (nSPS) is 10.3. The smallest absolute Gasteiger partial charge is 0.335 e. The van der Waals surface area contributed by atoms with Crippen molar-refractivity contribution in [3.8, 4) is 0 Å². The highest BCUT2D eigenvalue weighted by molar-refractivity contribution is 5.88. The van der Waals surface area contributed by atoms with Crippen LogP contribution in [0.5, 0.6) is 0 Å². The van der Waals surface area contributed by atoms with Gasteiger partial charge >= 0.3 is 5.97 Å². The number of hydrogen-bond acceptors (Lipinski definition) is 3. The lowest BCUT2D eigenvalue weighted by atomic mass is 10.0. The molecule has 1 aromatic rings. The number of hydrogen-bond donors (Lipinski definition) is 1. The van der Waals surface area contributed by atoms with Gasteiger partial charge in [0.15, 0.2) is 0 Å². The van der Waals surface area contributed by atoms with Crippen LogP contribution in [0.2, 0.25) is 0 Å². The summed E-state index contributed by atoms with van der Waals surface area (Å²) >= 11 is 0. The average molecular weight is 277 g/mol. The van der Waals surface area contributed by atoms with Crippen molar-refractivity contribution in [3.63, 3.8) is 0 Å². The first-order chi connectivity index (χ1) is 9.56. The number of carboxylic acids is 1. The monoisotopic (exact) mass is 277 g/mol. The summed E-state index contributed by atoms with van der Waals surface area (Å²) in [6.45, 7) is 0. The molecule has 20 heavy (non-hydrogen) atoms. The van der Waals surface area contributed by atoms with Crippen molar-refractivity contribution in [2.45, 2.75) is 38.5 Å². The van der Waals surface area contributed by atoms with Crippen molar-refractivity contribution in [1.29, 1.82) is 0 Å². The molecule has 1 aromatic carbocycles. The predicted molar refractivity (Wildman–Crippen MR) is 80.6 cm³/mol. The molecule has 4 nitrogen and oxygen atoms in total. The molecule has 110 valence electrons. The van der Waals surface area contributed by atoms with Crippen LogP contribution in [0.15, 0.2) is 18.2 Å². The number of anilines is 1. The summed E-state index contributed by atoms with van der Waals surface area (Å²) in [5.74, 6) is -0.887. The molecule has 0 aliphatic heterocycles. The maximum absolute atomic E-state index is 11.0. The van der Waals surface area contributed by atoms with Gasteiger partial charge in [0, 0.05) is 26.2 Å². The van der Waals surface area contributed by atoms with Gasteiger partial charge in [0.05, 0.1) is 5.56 Å². The molecular formula is C16H23NO3. The maximum atomic E-state index is 11.0. The van der Waals surface area contributed by atoms with Gasteiger partial charge in [0.1, 0.15) is 6.29 Å². The molecule has 0 bridgehead atoms. The minimum Gasteiger partial charge on any atom is -0.478 e. The molecule has 0 atom stereocenters. The highest BCUT2D eigenvalue weighted by Gasteiger charge is 2.09. The molecule has 0 fully saturated rings. The molecule has 0 unspecified atom stereocenters. The van der Waals surface area contributed by atoms with Crippen LogP contribution >= 0.6 is 0 Å². The molecular weight excluding hydrogens is 254 g/mol. The van der Waals surface area contributed by atoms with Gasteiger partial charge in [-0.1, -0.05) is 12.8 Å². The summed E-state index contributed by atoms with van der Waals surface area (Å²) in [6, 6.07) is 5.28. The number of nitrogens with zero attached hydrogens (tertiary/aromatic N) is 1. The molecule has 1 N–H and O–H groups in total. The number of aldehydes is 1. The lowest BCUT2D eigenvalue weighted by Gasteiger charge is -2.18.